The van der Waals surface area contributed by atoms with Gasteiger partial charge in [-0.25, -0.2) is 0 Å². The smallest absolute Gasteiger partial charge is 0.217 e. The van der Waals surface area contributed by atoms with Crippen LogP contribution in [0.2, 0.25) is 0 Å². The number of likely N-dealkylation sites (tertiary alicyclic amines) is 1. The Bertz CT molecular complexity index is 296. The van der Waals surface area contributed by atoms with Crippen LogP contribution in [-0.4, -0.2) is 47.7 Å². The Morgan fingerprint density at radius 3 is 2.67 bits per heavy atom. The van der Waals surface area contributed by atoms with Crippen molar-refractivity contribution in [2.24, 2.45) is 11.8 Å². The summed E-state index contributed by atoms with van der Waals surface area (Å²) in [7, 11) is 0. The first-order valence-electron chi connectivity index (χ1n) is 7.22. The molecule has 1 aliphatic carbocycles. The molecule has 1 saturated carbocycles. The molecule has 4 heteroatoms. The summed E-state index contributed by atoms with van der Waals surface area (Å²) in [5.41, 5.74) is 0. The van der Waals surface area contributed by atoms with E-state index in [4.69, 9.17) is 5.11 Å². The maximum Gasteiger partial charge on any atom is 0.217 e. The summed E-state index contributed by atoms with van der Waals surface area (Å²) < 4.78 is 0. The first-order valence-corrected chi connectivity index (χ1v) is 7.22. The number of nitrogens with zero attached hydrogens (tertiary/aromatic N) is 1. The number of piperidine rings is 1. The Morgan fingerprint density at radius 2 is 2.17 bits per heavy atom. The molecule has 4 atom stereocenters. The maximum atomic E-state index is 11.2. The zero-order valence-electron chi connectivity index (χ0n) is 11.6. The number of aliphatic hydroxyl groups excluding tert-OH is 1. The van der Waals surface area contributed by atoms with E-state index < -0.39 is 0 Å². The highest BCUT2D eigenvalue weighted by Crippen LogP contribution is 2.34. The fraction of sp³-hybridized carbons (Fsp3) is 0.929. The van der Waals surface area contributed by atoms with Gasteiger partial charge in [0.25, 0.3) is 0 Å². The van der Waals surface area contributed by atoms with E-state index in [1.807, 2.05) is 0 Å². The van der Waals surface area contributed by atoms with E-state index in [0.717, 1.165) is 31.8 Å². The van der Waals surface area contributed by atoms with Crippen LogP contribution in [0.5, 0.6) is 0 Å². The van der Waals surface area contributed by atoms with Crippen molar-refractivity contribution in [2.75, 3.05) is 19.7 Å². The normalized spacial score (nSPS) is 37.1. The summed E-state index contributed by atoms with van der Waals surface area (Å²) in [6.07, 6.45) is 4.49. The lowest BCUT2D eigenvalue weighted by atomic mass is 9.78. The van der Waals surface area contributed by atoms with E-state index in [-0.39, 0.29) is 18.6 Å². The first kappa shape index (κ1) is 13.8. The molecule has 1 aliphatic heterocycles. The lowest BCUT2D eigenvalue weighted by Gasteiger charge is -2.48. The minimum Gasteiger partial charge on any atom is -0.396 e. The van der Waals surface area contributed by atoms with Gasteiger partial charge in [0.1, 0.15) is 0 Å². The van der Waals surface area contributed by atoms with Gasteiger partial charge in [-0.05, 0) is 37.5 Å². The molecule has 1 saturated heterocycles. The van der Waals surface area contributed by atoms with Crippen molar-refractivity contribution < 1.29 is 9.90 Å². The Labute approximate surface area is 110 Å². The van der Waals surface area contributed by atoms with Gasteiger partial charge in [-0.3, -0.25) is 9.69 Å². The molecule has 2 fully saturated rings. The highest BCUT2D eigenvalue weighted by molar-refractivity contribution is 5.73. The van der Waals surface area contributed by atoms with Crippen LogP contribution in [0.3, 0.4) is 0 Å². The van der Waals surface area contributed by atoms with E-state index in [2.05, 4.69) is 17.1 Å². The third-order valence-corrected chi connectivity index (χ3v) is 4.55. The summed E-state index contributed by atoms with van der Waals surface area (Å²) in [6.45, 7) is 6.23. The molecule has 104 valence electrons. The summed E-state index contributed by atoms with van der Waals surface area (Å²) in [4.78, 5) is 13.8. The van der Waals surface area contributed by atoms with Crippen molar-refractivity contribution in [1.29, 1.82) is 0 Å². The lowest BCUT2D eigenvalue weighted by Crippen LogP contribution is -2.57. The van der Waals surface area contributed by atoms with E-state index in [9.17, 15) is 4.79 Å². The number of carbonyl (C=O) groups is 1. The van der Waals surface area contributed by atoms with Crippen LogP contribution < -0.4 is 5.32 Å². The van der Waals surface area contributed by atoms with Crippen molar-refractivity contribution in [3.05, 3.63) is 0 Å². The number of aliphatic hydroxyl groups is 1. The van der Waals surface area contributed by atoms with E-state index in [1.54, 1.807) is 6.92 Å². The predicted molar refractivity (Wildman–Crippen MR) is 71.2 cm³/mol. The number of hydrogen-bond donors (Lipinski definition) is 2. The van der Waals surface area contributed by atoms with Crippen LogP contribution in [0.25, 0.3) is 0 Å². The second-order valence-corrected chi connectivity index (χ2v) is 6.09. The minimum atomic E-state index is 0.0613. The van der Waals surface area contributed by atoms with Crippen LogP contribution in [0.1, 0.15) is 39.5 Å². The van der Waals surface area contributed by atoms with E-state index in [0.29, 0.717) is 12.0 Å². The second kappa shape index (κ2) is 6.02. The molecule has 1 amide bonds. The molecule has 2 N–H and O–H groups in total. The van der Waals surface area contributed by atoms with Crippen LogP contribution in [0, 0.1) is 11.8 Å². The van der Waals surface area contributed by atoms with Crippen LogP contribution in [0.4, 0.5) is 0 Å². The zero-order chi connectivity index (χ0) is 13.1. The maximum absolute atomic E-state index is 11.2. The number of nitrogens with one attached hydrogen (secondary N) is 1. The summed E-state index contributed by atoms with van der Waals surface area (Å²) in [6, 6.07) is 0.961. The Kier molecular flexibility index (Phi) is 4.62. The molecule has 0 aromatic carbocycles. The number of amides is 1. The van der Waals surface area contributed by atoms with E-state index >= 15 is 0 Å². The molecule has 18 heavy (non-hydrogen) atoms. The topological polar surface area (TPSA) is 52.6 Å². The lowest BCUT2D eigenvalue weighted by molar-refractivity contribution is -0.120. The van der Waals surface area contributed by atoms with Crippen molar-refractivity contribution in [2.45, 2.75) is 51.6 Å². The molecule has 4 nitrogen and oxygen atoms in total. The fourth-order valence-electron chi connectivity index (χ4n) is 3.49. The molecular weight excluding hydrogens is 228 g/mol. The SMILES string of the molecule is CC(=O)NC1CC(CCO)CN(C2CCC2C)C1. The quantitative estimate of drug-likeness (QED) is 0.787. The molecule has 0 radical (unpaired) electrons. The monoisotopic (exact) mass is 254 g/mol. The number of carbonyl (C=O) groups excluding carboxylic acids is 1. The van der Waals surface area contributed by atoms with Crippen molar-refractivity contribution in [3.8, 4) is 0 Å². The molecule has 1 heterocycles. The van der Waals surface area contributed by atoms with Crippen LogP contribution in [0.15, 0.2) is 0 Å². The third kappa shape index (κ3) is 3.23. The highest BCUT2D eigenvalue weighted by Gasteiger charge is 2.37. The minimum absolute atomic E-state index is 0.0613. The summed E-state index contributed by atoms with van der Waals surface area (Å²) >= 11 is 0. The molecule has 0 spiro atoms. The van der Waals surface area contributed by atoms with Gasteiger partial charge in [0.05, 0.1) is 0 Å². The second-order valence-electron chi connectivity index (χ2n) is 6.09. The molecule has 4 unspecified atom stereocenters. The van der Waals surface area contributed by atoms with Crippen molar-refractivity contribution in [1.82, 2.24) is 10.2 Å². The predicted octanol–water partition coefficient (Wildman–Crippen LogP) is 0.994. The largest absolute Gasteiger partial charge is 0.396 e. The standard InChI is InChI=1S/C14H26N2O2/c1-10-3-4-14(10)16-8-12(5-6-17)7-13(9-16)15-11(2)18/h10,12-14,17H,3-9H2,1-2H3,(H,15,18). The molecule has 0 aromatic heterocycles. The van der Waals surface area contributed by atoms with Crippen LogP contribution >= 0.6 is 0 Å². The molecule has 2 aliphatic rings. The average Bonchev–Trinajstić information content (AvgIpc) is 2.26. The third-order valence-electron chi connectivity index (χ3n) is 4.55. The van der Waals surface area contributed by atoms with Gasteiger partial charge in [-0.2, -0.15) is 0 Å². The van der Waals surface area contributed by atoms with Gasteiger partial charge in [0.15, 0.2) is 0 Å². The van der Waals surface area contributed by atoms with Gasteiger partial charge in [0.2, 0.25) is 5.91 Å². The van der Waals surface area contributed by atoms with Gasteiger partial charge in [-0.1, -0.05) is 6.92 Å². The van der Waals surface area contributed by atoms with Crippen LogP contribution in [-0.2, 0) is 4.79 Å². The van der Waals surface area contributed by atoms with Crippen molar-refractivity contribution in [3.63, 3.8) is 0 Å². The average molecular weight is 254 g/mol. The molecule has 0 bridgehead atoms. The number of rotatable bonds is 4. The summed E-state index contributed by atoms with van der Waals surface area (Å²) in [5, 5.41) is 12.2. The molecular formula is C14H26N2O2. The highest BCUT2D eigenvalue weighted by atomic mass is 16.3. The van der Waals surface area contributed by atoms with Gasteiger partial charge in [-0.15, -0.1) is 0 Å². The zero-order valence-corrected chi connectivity index (χ0v) is 11.6. The number of hydrogen-bond acceptors (Lipinski definition) is 3. The van der Waals surface area contributed by atoms with E-state index in [1.165, 1.54) is 12.8 Å². The molecule has 2 rings (SSSR count). The van der Waals surface area contributed by atoms with Gasteiger partial charge < -0.3 is 10.4 Å². The Hall–Kier alpha value is -0.610. The molecule has 0 aromatic rings. The first-order chi connectivity index (χ1) is 8.60. The van der Waals surface area contributed by atoms with Gasteiger partial charge >= 0.3 is 0 Å². The summed E-state index contributed by atoms with van der Waals surface area (Å²) in [5.74, 6) is 1.37. The van der Waals surface area contributed by atoms with Crippen molar-refractivity contribution >= 4 is 5.91 Å². The van der Waals surface area contributed by atoms with Gasteiger partial charge in [0, 0.05) is 38.7 Å². The fourth-order valence-corrected chi connectivity index (χ4v) is 3.49. The Morgan fingerprint density at radius 1 is 1.39 bits per heavy atom. The Balaban J connectivity index is 1.94.